The van der Waals surface area contributed by atoms with Crippen molar-refractivity contribution in [1.82, 2.24) is 56.8 Å². The van der Waals surface area contributed by atoms with Gasteiger partial charge >= 0.3 is 0 Å². The van der Waals surface area contributed by atoms with E-state index in [1.807, 2.05) is 36.4 Å². The van der Waals surface area contributed by atoms with Gasteiger partial charge in [0.2, 0.25) is 17.8 Å². The molecule has 12 nitrogen and oxygen atoms in total. The highest BCUT2D eigenvalue weighted by molar-refractivity contribution is 6.17. The third-order valence-electron chi connectivity index (χ3n) is 28.9. The Morgan fingerprint density at radius 2 is 0.401 bits per heavy atom. The number of para-hydroxylation sites is 12. The van der Waals surface area contributed by atoms with E-state index in [4.69, 9.17) is 29.9 Å². The van der Waals surface area contributed by atoms with Crippen LogP contribution >= 0.6 is 0 Å². The van der Waals surface area contributed by atoms with Crippen LogP contribution < -0.4 is 0 Å². The standard InChI is InChI=1S/C46H28N4.2C42H26N4/c1-2-12-33-32(11-1)28-38(35-14-4-3-13-34(33)35)30-23-21-29(22-24-30)31-25-26-43-39(27-31)36-15-6-9-19-42(36)49(43)46-48-40-17-7-5-16-37(40)45-47-41-18-8-10-20-44(41)50(45)46;1-2-12-31-28(10-1)11-9-15-32(31)29-22-20-27(21-23-29)30-24-25-39-35(26-30)33-13-4-7-18-38(33)45(39)42-44-36-16-5-3-14-34(36)41-43-37-17-6-8-19-40(37)46(41)42;1-2-10-30-25-31(22-21-27(30)9-1)28-17-19-29(20-18-28)32-23-24-39-35(26-32)33-11-4-7-15-38(33)45(39)42-44-36-13-5-3-12-34(36)41-43-37-14-6-8-16-40(37)46(41)42/h1-28H;2*1-26H. The first kappa shape index (κ1) is 80.0. The molecular formula is C130H80N12. The van der Waals surface area contributed by atoms with Gasteiger partial charge in [-0.05, 0) is 249 Å². The van der Waals surface area contributed by atoms with E-state index in [1.165, 1.54) is 142 Å². The van der Waals surface area contributed by atoms with Crippen LogP contribution in [0.3, 0.4) is 0 Å². The van der Waals surface area contributed by atoms with Crippen molar-refractivity contribution in [3.8, 4) is 84.6 Å². The van der Waals surface area contributed by atoms with Crippen molar-refractivity contribution in [2.24, 2.45) is 0 Å². The molecule has 0 aliphatic heterocycles. The lowest BCUT2D eigenvalue weighted by molar-refractivity contribution is 0.979. The predicted molar refractivity (Wildman–Crippen MR) is 590 cm³/mol. The van der Waals surface area contributed by atoms with Gasteiger partial charge in [-0.1, -0.05) is 346 Å². The topological polar surface area (TPSA) is 105 Å². The fraction of sp³-hybridized carbons (Fsp3) is 0. The van der Waals surface area contributed by atoms with Gasteiger partial charge in [-0.3, -0.25) is 26.9 Å². The monoisotopic (exact) mass is 1810 g/mol. The summed E-state index contributed by atoms with van der Waals surface area (Å²) in [5, 5.41) is 20.4. The summed E-state index contributed by atoms with van der Waals surface area (Å²) in [7, 11) is 0. The molecule has 0 unspecified atom stereocenters. The molecule has 0 aliphatic carbocycles. The Morgan fingerprint density at radius 3 is 0.817 bits per heavy atom. The second-order valence-corrected chi connectivity index (χ2v) is 36.8. The fourth-order valence-electron chi connectivity index (χ4n) is 22.2. The molecule has 0 atom stereocenters. The van der Waals surface area contributed by atoms with E-state index in [2.05, 4.69) is 476 Å². The molecule has 0 bridgehead atoms. The fourth-order valence-corrected chi connectivity index (χ4v) is 22.2. The highest BCUT2D eigenvalue weighted by Crippen LogP contribution is 2.45. The van der Waals surface area contributed by atoms with Crippen LogP contribution in [-0.2, 0) is 0 Å². The molecule has 9 heterocycles. The van der Waals surface area contributed by atoms with Crippen LogP contribution in [0.1, 0.15) is 0 Å². The van der Waals surface area contributed by atoms with Crippen molar-refractivity contribution in [2.45, 2.75) is 0 Å². The quantitative estimate of drug-likeness (QED) is 0.133. The molecular weight excluding hydrogens is 1730 g/mol. The molecule has 142 heavy (non-hydrogen) atoms. The van der Waals surface area contributed by atoms with Gasteiger partial charge in [-0.25, -0.2) is 29.9 Å². The highest BCUT2D eigenvalue weighted by atomic mass is 15.3. The molecule has 660 valence electrons. The third-order valence-corrected chi connectivity index (χ3v) is 28.9. The summed E-state index contributed by atoms with van der Waals surface area (Å²) >= 11 is 0. The van der Waals surface area contributed by atoms with Crippen LogP contribution in [0.2, 0.25) is 0 Å². The Kier molecular flexibility index (Phi) is 18.1. The molecule has 12 heteroatoms. The van der Waals surface area contributed by atoms with Gasteiger partial charge in [0.25, 0.3) is 0 Å². The summed E-state index contributed by atoms with van der Waals surface area (Å²) < 4.78 is 13.5. The normalized spacial score (nSPS) is 11.9. The lowest BCUT2D eigenvalue weighted by Crippen LogP contribution is -2.06. The Morgan fingerprint density at radius 1 is 0.127 bits per heavy atom. The maximum atomic E-state index is 5.31. The summed E-state index contributed by atoms with van der Waals surface area (Å²) in [5.41, 5.74) is 32.7. The van der Waals surface area contributed by atoms with E-state index in [9.17, 15) is 0 Å². The first-order valence-corrected chi connectivity index (χ1v) is 48.2. The number of imidazole rings is 3. The lowest BCUT2D eigenvalue weighted by Gasteiger charge is -2.13. The van der Waals surface area contributed by atoms with E-state index in [-0.39, 0.29) is 0 Å². The summed E-state index contributed by atoms with van der Waals surface area (Å²) in [5.74, 6) is 2.50. The minimum absolute atomic E-state index is 0.832. The van der Waals surface area contributed by atoms with Gasteiger partial charge in [0.05, 0.1) is 82.8 Å². The van der Waals surface area contributed by atoms with Crippen molar-refractivity contribution >= 4 is 191 Å². The summed E-state index contributed by atoms with van der Waals surface area (Å²) in [6, 6.07) is 173. The first-order valence-electron chi connectivity index (χ1n) is 48.2. The Hall–Kier alpha value is -19.3. The molecule has 0 aliphatic rings. The van der Waals surface area contributed by atoms with E-state index in [0.29, 0.717) is 0 Å². The number of nitrogens with zero attached hydrogens (tertiary/aromatic N) is 12. The second-order valence-electron chi connectivity index (χ2n) is 36.8. The van der Waals surface area contributed by atoms with Gasteiger partial charge in [0.1, 0.15) is 16.9 Å². The van der Waals surface area contributed by atoms with E-state index < -0.39 is 0 Å². The summed E-state index contributed by atoms with van der Waals surface area (Å²) in [4.78, 5) is 31.2. The number of benzene rings is 22. The zero-order valence-corrected chi connectivity index (χ0v) is 76.6. The van der Waals surface area contributed by atoms with Gasteiger partial charge in [-0.2, -0.15) is 0 Å². The molecule has 0 spiro atoms. The maximum Gasteiger partial charge on any atom is 0.221 e. The van der Waals surface area contributed by atoms with Gasteiger partial charge in [0, 0.05) is 48.5 Å². The Labute approximate surface area is 812 Å². The van der Waals surface area contributed by atoms with E-state index in [1.54, 1.807) is 0 Å². The van der Waals surface area contributed by atoms with Crippen molar-refractivity contribution < 1.29 is 0 Å². The summed E-state index contributed by atoms with van der Waals surface area (Å²) in [6.45, 7) is 0. The van der Waals surface area contributed by atoms with Crippen molar-refractivity contribution in [2.75, 3.05) is 0 Å². The number of hydrogen-bond donors (Lipinski definition) is 0. The Bertz CT molecular complexity index is 10700. The minimum Gasteiger partial charge on any atom is -0.279 e. The molecule has 9 aromatic heterocycles. The molecule has 0 saturated carbocycles. The van der Waals surface area contributed by atoms with Crippen LogP contribution in [0.25, 0.3) is 276 Å². The predicted octanol–water partition coefficient (Wildman–Crippen LogP) is 33.0. The average Bonchev–Trinajstić information content (AvgIpc) is 1.56. The second kappa shape index (κ2) is 32.2. The van der Waals surface area contributed by atoms with Crippen molar-refractivity contribution in [3.63, 3.8) is 0 Å². The molecule has 0 N–H and O–H groups in total. The number of hydrogen-bond acceptors (Lipinski definition) is 6. The number of fused-ring (bicyclic) bond motifs is 29. The molecule has 0 amide bonds. The van der Waals surface area contributed by atoms with Crippen LogP contribution in [-0.4, -0.2) is 56.8 Å². The van der Waals surface area contributed by atoms with Gasteiger partial charge < -0.3 is 0 Å². The molecule has 0 radical (unpaired) electrons. The highest BCUT2D eigenvalue weighted by Gasteiger charge is 2.27. The zero-order chi connectivity index (χ0) is 93.1. The van der Waals surface area contributed by atoms with Crippen LogP contribution in [0.15, 0.2) is 485 Å². The lowest BCUT2D eigenvalue weighted by atomic mass is 9.92. The van der Waals surface area contributed by atoms with E-state index >= 15 is 0 Å². The van der Waals surface area contributed by atoms with Crippen LogP contribution in [0, 0.1) is 0 Å². The van der Waals surface area contributed by atoms with Crippen LogP contribution in [0.5, 0.6) is 0 Å². The minimum atomic E-state index is 0.832. The van der Waals surface area contributed by atoms with Crippen molar-refractivity contribution in [3.05, 3.63) is 485 Å². The molecule has 31 aromatic rings. The SMILES string of the molecule is c1ccc2c(-c3ccc(-c4ccc5c(c4)c4ccccc4n5-c4nc5ccccc5c5nc6ccccc6n45)cc3)cccc2c1.c1ccc2c(c1)cc(-c1ccc(-c3ccc4c(c3)c3ccccc3n4-c3nc4ccccc4c4nc5ccccc5n34)cc1)c1ccccc12.c1ccc2cc(-c3ccc(-c4ccc5c(c4)c4ccccc4n5-c4nc5ccccc5c5nc6ccccc6n45)cc3)ccc2c1. The molecule has 0 saturated heterocycles. The first-order chi connectivity index (χ1) is 70.4. The third kappa shape index (κ3) is 12.8. The molecule has 0 fully saturated rings. The number of rotatable bonds is 9. The average molecular weight is 1810 g/mol. The summed E-state index contributed by atoms with van der Waals surface area (Å²) in [6.07, 6.45) is 0. The smallest absolute Gasteiger partial charge is 0.221 e. The molecule has 22 aromatic carbocycles. The van der Waals surface area contributed by atoms with Crippen molar-refractivity contribution in [1.29, 1.82) is 0 Å². The van der Waals surface area contributed by atoms with E-state index in [0.717, 1.165) is 134 Å². The largest absolute Gasteiger partial charge is 0.279 e. The Balaban J connectivity index is 0.000000102. The van der Waals surface area contributed by atoms with Gasteiger partial charge in [0.15, 0.2) is 0 Å². The van der Waals surface area contributed by atoms with Crippen LogP contribution in [0.4, 0.5) is 0 Å². The number of aromatic nitrogens is 12. The van der Waals surface area contributed by atoms with Gasteiger partial charge in [-0.15, -0.1) is 0 Å². The molecule has 31 rings (SSSR count). The zero-order valence-electron chi connectivity index (χ0n) is 76.6. The maximum absolute atomic E-state index is 5.31.